The quantitative estimate of drug-likeness (QED) is 0.755. The second-order valence-corrected chi connectivity index (χ2v) is 4.35. The Morgan fingerprint density at radius 2 is 2.27 bits per heavy atom. The van der Waals surface area contributed by atoms with E-state index in [1.807, 2.05) is 24.0 Å². The first-order chi connectivity index (χ1) is 7.08. The Labute approximate surface area is 92.3 Å². The lowest BCUT2D eigenvalue weighted by molar-refractivity contribution is 0.365. The van der Waals surface area contributed by atoms with Crippen molar-refractivity contribution in [3.63, 3.8) is 0 Å². The highest BCUT2D eigenvalue weighted by atomic mass is 15.3. The monoisotopic (exact) mass is 210 g/mol. The molecular formula is C11H22N4. The van der Waals surface area contributed by atoms with Crippen LogP contribution in [0.1, 0.15) is 19.0 Å². The topological polar surface area (TPSA) is 33.1 Å². The van der Waals surface area contributed by atoms with Crippen LogP contribution in [-0.2, 0) is 13.6 Å². The largest absolute Gasteiger partial charge is 0.309 e. The molecule has 1 rings (SSSR count). The van der Waals surface area contributed by atoms with Gasteiger partial charge in [0.2, 0.25) is 0 Å². The second kappa shape index (κ2) is 5.88. The average molecular weight is 210 g/mol. The number of aromatic nitrogens is 2. The molecule has 0 amide bonds. The number of hydrogen-bond donors (Lipinski definition) is 1. The fourth-order valence-electron chi connectivity index (χ4n) is 1.39. The summed E-state index contributed by atoms with van der Waals surface area (Å²) in [6.07, 6.45) is 3.14. The highest BCUT2D eigenvalue weighted by molar-refractivity contribution is 4.98. The molecule has 4 heteroatoms. The molecule has 0 spiro atoms. The molecule has 0 aliphatic carbocycles. The first-order valence-electron chi connectivity index (χ1n) is 5.44. The zero-order valence-corrected chi connectivity index (χ0v) is 10.2. The molecule has 1 aromatic rings. The van der Waals surface area contributed by atoms with Gasteiger partial charge in [-0.15, -0.1) is 0 Å². The van der Waals surface area contributed by atoms with E-state index in [1.165, 1.54) is 6.42 Å². The van der Waals surface area contributed by atoms with Crippen LogP contribution in [-0.4, -0.2) is 41.4 Å². The van der Waals surface area contributed by atoms with E-state index < -0.39 is 0 Å². The minimum absolute atomic E-state index is 0.536. The van der Waals surface area contributed by atoms with Gasteiger partial charge in [-0.05, 0) is 40.1 Å². The highest BCUT2D eigenvalue weighted by Crippen LogP contribution is 1.97. The van der Waals surface area contributed by atoms with Crippen molar-refractivity contribution in [2.24, 2.45) is 7.05 Å². The third-order valence-electron chi connectivity index (χ3n) is 2.41. The van der Waals surface area contributed by atoms with E-state index >= 15 is 0 Å². The van der Waals surface area contributed by atoms with Crippen LogP contribution in [0.2, 0.25) is 0 Å². The summed E-state index contributed by atoms with van der Waals surface area (Å²) in [5, 5.41) is 7.79. The van der Waals surface area contributed by atoms with E-state index in [9.17, 15) is 0 Å². The number of aryl methyl sites for hydroxylation is 1. The van der Waals surface area contributed by atoms with Crippen LogP contribution in [0.25, 0.3) is 0 Å². The van der Waals surface area contributed by atoms with Crippen molar-refractivity contribution >= 4 is 0 Å². The maximum atomic E-state index is 4.32. The molecule has 0 aromatic carbocycles. The maximum absolute atomic E-state index is 4.32. The van der Waals surface area contributed by atoms with E-state index in [0.29, 0.717) is 6.04 Å². The van der Waals surface area contributed by atoms with E-state index in [0.717, 1.165) is 18.8 Å². The van der Waals surface area contributed by atoms with Crippen molar-refractivity contribution < 1.29 is 0 Å². The summed E-state index contributed by atoms with van der Waals surface area (Å²) in [6.45, 7) is 4.19. The lowest BCUT2D eigenvalue weighted by atomic mass is 10.2. The number of nitrogens with zero attached hydrogens (tertiary/aromatic N) is 3. The molecule has 4 nitrogen and oxygen atoms in total. The Morgan fingerprint density at radius 1 is 1.53 bits per heavy atom. The van der Waals surface area contributed by atoms with Crippen LogP contribution in [0.15, 0.2) is 12.3 Å². The van der Waals surface area contributed by atoms with Crippen molar-refractivity contribution in [1.82, 2.24) is 20.0 Å². The Bertz CT molecular complexity index is 280. The van der Waals surface area contributed by atoms with Gasteiger partial charge in [0.25, 0.3) is 0 Å². The molecule has 1 aromatic heterocycles. The Hall–Kier alpha value is -0.870. The number of nitrogens with one attached hydrogen (secondary N) is 1. The summed E-state index contributed by atoms with van der Waals surface area (Å²) in [6, 6.07) is 2.58. The molecule has 15 heavy (non-hydrogen) atoms. The number of hydrogen-bond acceptors (Lipinski definition) is 3. The predicted octanol–water partition coefficient (Wildman–Crippen LogP) is 0.850. The molecular weight excluding hydrogens is 188 g/mol. The fraction of sp³-hybridized carbons (Fsp3) is 0.727. The highest BCUT2D eigenvalue weighted by Gasteiger charge is 2.03. The fourth-order valence-corrected chi connectivity index (χ4v) is 1.39. The van der Waals surface area contributed by atoms with Crippen molar-refractivity contribution in [3.8, 4) is 0 Å². The Kier molecular flexibility index (Phi) is 4.78. The van der Waals surface area contributed by atoms with Crippen LogP contribution in [0.4, 0.5) is 0 Å². The molecule has 86 valence electrons. The number of rotatable bonds is 6. The Balaban J connectivity index is 2.19. The third kappa shape index (κ3) is 4.95. The van der Waals surface area contributed by atoms with Gasteiger partial charge in [-0.25, -0.2) is 0 Å². The van der Waals surface area contributed by atoms with E-state index in [2.05, 4.69) is 36.3 Å². The van der Waals surface area contributed by atoms with Crippen LogP contribution in [0, 0.1) is 0 Å². The van der Waals surface area contributed by atoms with Gasteiger partial charge < -0.3 is 10.2 Å². The summed E-state index contributed by atoms with van der Waals surface area (Å²) in [5.41, 5.74) is 1.11. The van der Waals surface area contributed by atoms with Crippen LogP contribution < -0.4 is 5.32 Å². The summed E-state index contributed by atoms with van der Waals surface area (Å²) in [7, 11) is 6.15. The second-order valence-electron chi connectivity index (χ2n) is 4.35. The summed E-state index contributed by atoms with van der Waals surface area (Å²) < 4.78 is 1.83. The zero-order chi connectivity index (χ0) is 11.3. The third-order valence-corrected chi connectivity index (χ3v) is 2.41. The van der Waals surface area contributed by atoms with Gasteiger partial charge in [0, 0.05) is 25.8 Å². The van der Waals surface area contributed by atoms with Crippen LogP contribution in [0.5, 0.6) is 0 Å². The minimum atomic E-state index is 0.536. The van der Waals surface area contributed by atoms with E-state index in [-0.39, 0.29) is 0 Å². The van der Waals surface area contributed by atoms with E-state index in [4.69, 9.17) is 0 Å². The molecule has 0 saturated heterocycles. The van der Waals surface area contributed by atoms with Gasteiger partial charge in [-0.1, -0.05) is 0 Å². The summed E-state index contributed by atoms with van der Waals surface area (Å²) >= 11 is 0. The Morgan fingerprint density at radius 3 is 2.80 bits per heavy atom. The van der Waals surface area contributed by atoms with Crippen LogP contribution >= 0.6 is 0 Å². The van der Waals surface area contributed by atoms with Gasteiger partial charge in [-0.2, -0.15) is 5.10 Å². The smallest absolute Gasteiger partial charge is 0.0762 e. The molecule has 1 atom stereocenters. The van der Waals surface area contributed by atoms with Gasteiger partial charge in [-0.3, -0.25) is 4.68 Å². The molecule has 1 heterocycles. The first-order valence-corrected chi connectivity index (χ1v) is 5.44. The molecule has 0 aliphatic heterocycles. The lowest BCUT2D eigenvalue weighted by Crippen LogP contribution is -2.29. The minimum Gasteiger partial charge on any atom is -0.309 e. The van der Waals surface area contributed by atoms with Gasteiger partial charge in [0.05, 0.1) is 5.69 Å². The average Bonchev–Trinajstić information content (AvgIpc) is 2.58. The van der Waals surface area contributed by atoms with Crippen molar-refractivity contribution in [3.05, 3.63) is 18.0 Å². The van der Waals surface area contributed by atoms with Crippen molar-refractivity contribution in [2.45, 2.75) is 25.9 Å². The normalized spacial score (nSPS) is 13.4. The molecule has 0 fully saturated rings. The molecule has 0 bridgehead atoms. The first kappa shape index (κ1) is 12.2. The van der Waals surface area contributed by atoms with E-state index in [1.54, 1.807) is 0 Å². The standard InChI is InChI=1S/C11H22N4/c1-10(5-7-14(2)3)12-9-11-6-8-15(4)13-11/h6,8,10,12H,5,7,9H2,1-4H3. The maximum Gasteiger partial charge on any atom is 0.0762 e. The molecule has 1 N–H and O–H groups in total. The van der Waals surface area contributed by atoms with Crippen molar-refractivity contribution in [1.29, 1.82) is 0 Å². The summed E-state index contributed by atoms with van der Waals surface area (Å²) in [4.78, 5) is 2.21. The lowest BCUT2D eigenvalue weighted by Gasteiger charge is -2.15. The van der Waals surface area contributed by atoms with Gasteiger partial charge in [0.15, 0.2) is 0 Å². The van der Waals surface area contributed by atoms with Crippen molar-refractivity contribution in [2.75, 3.05) is 20.6 Å². The summed E-state index contributed by atoms with van der Waals surface area (Å²) in [5.74, 6) is 0. The van der Waals surface area contributed by atoms with Gasteiger partial charge in [0.1, 0.15) is 0 Å². The van der Waals surface area contributed by atoms with Gasteiger partial charge >= 0.3 is 0 Å². The predicted molar refractivity (Wildman–Crippen MR) is 62.7 cm³/mol. The zero-order valence-electron chi connectivity index (χ0n) is 10.2. The molecule has 1 unspecified atom stereocenters. The molecule has 0 saturated carbocycles. The SMILES string of the molecule is CC(CCN(C)C)NCc1ccn(C)n1. The molecule has 0 aliphatic rings. The van der Waals surface area contributed by atoms with Crippen LogP contribution in [0.3, 0.4) is 0 Å². The molecule has 0 radical (unpaired) electrons.